The molecule has 0 aliphatic carbocycles. The van der Waals surface area contributed by atoms with E-state index in [0.29, 0.717) is 34.1 Å². The van der Waals surface area contributed by atoms with E-state index in [4.69, 9.17) is 21.1 Å². The van der Waals surface area contributed by atoms with Crippen LogP contribution in [0.5, 0.6) is 11.5 Å². The molecule has 8 nitrogen and oxygen atoms in total. The van der Waals surface area contributed by atoms with Crippen LogP contribution < -0.4 is 25.0 Å². The zero-order chi connectivity index (χ0) is 26.0. The Balaban J connectivity index is 1.51. The van der Waals surface area contributed by atoms with Gasteiger partial charge in [-0.05, 0) is 67.4 Å². The molecule has 0 atom stereocenters. The summed E-state index contributed by atoms with van der Waals surface area (Å²) in [6, 6.07) is 16.9. The molecule has 0 saturated heterocycles. The molecule has 0 bridgehead atoms. The zero-order valence-electron chi connectivity index (χ0n) is 20.1. The summed E-state index contributed by atoms with van der Waals surface area (Å²) >= 11 is 6.25. The molecule has 2 N–H and O–H groups in total. The smallest absolute Gasteiger partial charge is 0.283 e. The minimum Gasteiger partial charge on any atom is -0.497 e. The van der Waals surface area contributed by atoms with Crippen LogP contribution in [0.15, 0.2) is 71.4 Å². The Morgan fingerprint density at radius 1 is 0.917 bits per heavy atom. The molecule has 4 rings (SSSR count). The summed E-state index contributed by atoms with van der Waals surface area (Å²) < 4.78 is 10.5. The summed E-state index contributed by atoms with van der Waals surface area (Å²) in [6.45, 7) is 3.75. The Hall–Kier alpha value is -4.30. The summed E-state index contributed by atoms with van der Waals surface area (Å²) in [7, 11) is 3.04. The van der Waals surface area contributed by atoms with Crippen molar-refractivity contribution in [1.29, 1.82) is 0 Å². The lowest BCUT2D eigenvalue weighted by Crippen LogP contribution is -2.33. The van der Waals surface area contributed by atoms with Crippen molar-refractivity contribution in [2.45, 2.75) is 13.8 Å². The number of aryl methyl sites for hydroxylation is 1. The summed E-state index contributed by atoms with van der Waals surface area (Å²) in [4.78, 5) is 39.7. The molecular formula is C27H24ClN3O5. The summed E-state index contributed by atoms with van der Waals surface area (Å²) in [5.41, 5.74) is 3.54. The number of rotatable bonds is 7. The number of methoxy groups -OCH3 is 2. The molecule has 0 radical (unpaired) electrons. The van der Waals surface area contributed by atoms with E-state index in [1.165, 1.54) is 14.2 Å². The van der Waals surface area contributed by atoms with Crippen molar-refractivity contribution < 1.29 is 23.9 Å². The molecule has 3 aromatic rings. The third-order valence-corrected chi connectivity index (χ3v) is 6.27. The second-order valence-electron chi connectivity index (χ2n) is 8.08. The number of nitrogens with one attached hydrogen (secondary N) is 2. The third-order valence-electron chi connectivity index (χ3n) is 5.92. The van der Waals surface area contributed by atoms with Gasteiger partial charge in [0.05, 0.1) is 25.6 Å². The number of nitrogens with zero attached hydrogens (tertiary/aromatic N) is 1. The van der Waals surface area contributed by atoms with Gasteiger partial charge in [-0.2, -0.15) is 0 Å². The first kappa shape index (κ1) is 24.8. The van der Waals surface area contributed by atoms with E-state index >= 15 is 0 Å². The highest BCUT2D eigenvalue weighted by Crippen LogP contribution is 2.33. The van der Waals surface area contributed by atoms with Crippen LogP contribution in [0.3, 0.4) is 0 Å². The molecule has 0 spiro atoms. The minimum absolute atomic E-state index is 0.0270. The second-order valence-corrected chi connectivity index (χ2v) is 8.45. The molecule has 1 heterocycles. The number of carbonyl (C=O) groups excluding carboxylic acids is 3. The number of carbonyl (C=O) groups is 3. The van der Waals surface area contributed by atoms with E-state index in [1.54, 1.807) is 54.6 Å². The Labute approximate surface area is 213 Å². The first-order valence-electron chi connectivity index (χ1n) is 11.0. The zero-order valence-corrected chi connectivity index (χ0v) is 20.9. The summed E-state index contributed by atoms with van der Waals surface area (Å²) in [5.74, 6) is -0.450. The quantitative estimate of drug-likeness (QED) is 0.438. The van der Waals surface area contributed by atoms with E-state index in [-0.39, 0.29) is 16.6 Å². The lowest BCUT2D eigenvalue weighted by atomic mass is 10.1. The van der Waals surface area contributed by atoms with Gasteiger partial charge in [-0.3, -0.25) is 14.4 Å². The second kappa shape index (κ2) is 10.1. The third kappa shape index (κ3) is 4.63. The fraction of sp³-hybridized carbons (Fsp3) is 0.148. The van der Waals surface area contributed by atoms with Gasteiger partial charge in [-0.25, -0.2) is 4.90 Å². The van der Waals surface area contributed by atoms with E-state index in [2.05, 4.69) is 10.6 Å². The standard InChI is InChI=1S/C27H24ClN3O5/c1-15-6-5-7-21(16(15)2)31-26(33)23(28)24(27(31)34)29-18-10-8-17(9-11-18)25(32)30-20-14-19(35-3)12-13-22(20)36-4/h5-14,29H,1-4H3,(H,30,32). The first-order chi connectivity index (χ1) is 17.2. The van der Waals surface area contributed by atoms with Gasteiger partial charge in [-0.1, -0.05) is 23.7 Å². The number of halogens is 1. The molecule has 3 aromatic carbocycles. The van der Waals surface area contributed by atoms with Gasteiger partial charge in [0.2, 0.25) is 0 Å². The average Bonchev–Trinajstić information content (AvgIpc) is 3.09. The Kier molecular flexibility index (Phi) is 6.98. The largest absolute Gasteiger partial charge is 0.497 e. The number of ether oxygens (including phenoxy) is 2. The van der Waals surface area contributed by atoms with Crippen LogP contribution in [0.2, 0.25) is 0 Å². The predicted octanol–water partition coefficient (Wildman–Crippen LogP) is 5.01. The maximum absolute atomic E-state index is 13.1. The maximum atomic E-state index is 13.1. The van der Waals surface area contributed by atoms with Gasteiger partial charge in [0.1, 0.15) is 22.2 Å². The molecule has 0 aromatic heterocycles. The van der Waals surface area contributed by atoms with Crippen molar-refractivity contribution in [2.24, 2.45) is 0 Å². The number of benzene rings is 3. The molecule has 1 aliphatic rings. The van der Waals surface area contributed by atoms with Gasteiger partial charge >= 0.3 is 0 Å². The van der Waals surface area contributed by atoms with Gasteiger partial charge in [0, 0.05) is 17.3 Å². The van der Waals surface area contributed by atoms with E-state index in [0.717, 1.165) is 16.0 Å². The summed E-state index contributed by atoms with van der Waals surface area (Å²) in [5, 5.41) is 5.52. The highest BCUT2D eigenvalue weighted by Gasteiger charge is 2.39. The van der Waals surface area contributed by atoms with E-state index < -0.39 is 11.8 Å². The van der Waals surface area contributed by atoms with E-state index in [9.17, 15) is 14.4 Å². The lowest BCUT2D eigenvalue weighted by Gasteiger charge is -2.18. The Morgan fingerprint density at radius 2 is 1.64 bits per heavy atom. The molecular weight excluding hydrogens is 482 g/mol. The molecule has 36 heavy (non-hydrogen) atoms. The Morgan fingerprint density at radius 3 is 2.31 bits per heavy atom. The fourth-order valence-corrected chi connectivity index (χ4v) is 3.98. The van der Waals surface area contributed by atoms with Crippen molar-refractivity contribution in [3.63, 3.8) is 0 Å². The average molecular weight is 506 g/mol. The number of hydrogen-bond acceptors (Lipinski definition) is 6. The van der Waals surface area contributed by atoms with Crippen LogP contribution in [0.1, 0.15) is 21.5 Å². The maximum Gasteiger partial charge on any atom is 0.283 e. The topological polar surface area (TPSA) is 97.0 Å². The molecule has 1 aliphatic heterocycles. The fourth-order valence-electron chi connectivity index (χ4n) is 3.76. The predicted molar refractivity (Wildman–Crippen MR) is 139 cm³/mol. The van der Waals surface area contributed by atoms with Crippen LogP contribution >= 0.6 is 11.6 Å². The molecule has 0 unspecified atom stereocenters. The molecule has 9 heteroatoms. The van der Waals surface area contributed by atoms with Gasteiger partial charge in [0.25, 0.3) is 17.7 Å². The highest BCUT2D eigenvalue weighted by molar-refractivity contribution is 6.53. The highest BCUT2D eigenvalue weighted by atomic mass is 35.5. The van der Waals surface area contributed by atoms with Crippen molar-refractivity contribution in [1.82, 2.24) is 0 Å². The van der Waals surface area contributed by atoms with Crippen molar-refractivity contribution >= 4 is 46.4 Å². The number of anilines is 3. The number of imide groups is 1. The normalized spacial score (nSPS) is 13.2. The Bertz CT molecular complexity index is 1400. The van der Waals surface area contributed by atoms with Crippen molar-refractivity contribution in [2.75, 3.05) is 29.8 Å². The van der Waals surface area contributed by atoms with Crippen molar-refractivity contribution in [3.8, 4) is 11.5 Å². The number of hydrogen-bond donors (Lipinski definition) is 2. The molecule has 0 fully saturated rings. The van der Waals surface area contributed by atoms with Crippen LogP contribution in [-0.2, 0) is 9.59 Å². The van der Waals surface area contributed by atoms with Gasteiger partial charge in [0.15, 0.2) is 0 Å². The monoisotopic (exact) mass is 505 g/mol. The van der Waals surface area contributed by atoms with Crippen LogP contribution in [-0.4, -0.2) is 31.9 Å². The van der Waals surface area contributed by atoms with Crippen molar-refractivity contribution in [3.05, 3.63) is 88.1 Å². The van der Waals surface area contributed by atoms with Gasteiger partial charge < -0.3 is 20.1 Å². The van der Waals surface area contributed by atoms with Gasteiger partial charge in [-0.15, -0.1) is 0 Å². The molecule has 184 valence electrons. The van der Waals surface area contributed by atoms with Crippen LogP contribution in [0, 0.1) is 13.8 Å². The lowest BCUT2D eigenvalue weighted by molar-refractivity contribution is -0.120. The number of amides is 3. The first-order valence-corrected chi connectivity index (χ1v) is 11.4. The summed E-state index contributed by atoms with van der Waals surface area (Å²) in [6.07, 6.45) is 0. The minimum atomic E-state index is -0.596. The molecule has 0 saturated carbocycles. The van der Waals surface area contributed by atoms with Crippen LogP contribution in [0.4, 0.5) is 17.1 Å². The van der Waals surface area contributed by atoms with Crippen LogP contribution in [0.25, 0.3) is 0 Å². The molecule has 3 amide bonds. The SMILES string of the molecule is COc1ccc(OC)c(NC(=O)c2ccc(NC3=C(Cl)C(=O)N(c4cccc(C)c4C)C3=O)cc2)c1. The van der Waals surface area contributed by atoms with E-state index in [1.807, 2.05) is 19.9 Å².